The number of rotatable bonds is 5. The summed E-state index contributed by atoms with van der Waals surface area (Å²) in [6, 6.07) is 3.38. The number of piperidine rings is 1. The molecule has 3 heterocycles. The lowest BCUT2D eigenvalue weighted by Crippen LogP contribution is -2.35. The average molecular weight is 406 g/mol. The van der Waals surface area contributed by atoms with Crippen molar-refractivity contribution in [2.45, 2.75) is 70.4 Å². The fraction of sp³-hybridized carbons (Fsp3) is 0.600. The van der Waals surface area contributed by atoms with Gasteiger partial charge in [0.05, 0.1) is 17.3 Å². The first-order valence-corrected chi connectivity index (χ1v) is 11.3. The van der Waals surface area contributed by atoms with Crippen molar-refractivity contribution < 1.29 is 8.42 Å². The van der Waals surface area contributed by atoms with E-state index >= 15 is 0 Å². The van der Waals surface area contributed by atoms with E-state index in [4.69, 9.17) is 0 Å². The standard InChI is InChI=1S/C20H31N5O2S/c1-15(18-14-25(20(3,4)5)23-16(18)2)22-19-10-9-17(13-21-19)28(26,27)24-11-7-6-8-12-24/h9-10,13-15H,6-8,11-12H2,1-5H3,(H,21,22). The molecule has 1 aliphatic heterocycles. The Morgan fingerprint density at radius 1 is 1.14 bits per heavy atom. The largest absolute Gasteiger partial charge is 0.363 e. The van der Waals surface area contributed by atoms with E-state index in [0.29, 0.717) is 18.9 Å². The molecule has 1 N–H and O–H groups in total. The fourth-order valence-corrected chi connectivity index (χ4v) is 4.88. The highest BCUT2D eigenvalue weighted by molar-refractivity contribution is 7.89. The van der Waals surface area contributed by atoms with Crippen LogP contribution in [0.5, 0.6) is 0 Å². The van der Waals surface area contributed by atoms with Crippen LogP contribution in [0.25, 0.3) is 0 Å². The van der Waals surface area contributed by atoms with Gasteiger partial charge in [0.2, 0.25) is 10.0 Å². The van der Waals surface area contributed by atoms with Gasteiger partial charge in [0.25, 0.3) is 0 Å². The summed E-state index contributed by atoms with van der Waals surface area (Å²) in [7, 11) is -3.45. The minimum absolute atomic E-state index is 0.00755. The Kier molecular flexibility index (Phi) is 5.82. The molecule has 0 saturated carbocycles. The molecule has 154 valence electrons. The predicted octanol–water partition coefficient (Wildman–Crippen LogP) is 3.69. The molecule has 8 heteroatoms. The van der Waals surface area contributed by atoms with Gasteiger partial charge in [-0.2, -0.15) is 9.40 Å². The maximum atomic E-state index is 12.7. The second kappa shape index (κ2) is 7.83. The molecule has 1 atom stereocenters. The average Bonchev–Trinajstić information content (AvgIpc) is 3.05. The summed E-state index contributed by atoms with van der Waals surface area (Å²) in [5, 5.41) is 7.96. The highest BCUT2D eigenvalue weighted by atomic mass is 32.2. The van der Waals surface area contributed by atoms with Crippen LogP contribution < -0.4 is 5.32 Å². The first-order valence-electron chi connectivity index (χ1n) is 9.88. The summed E-state index contributed by atoms with van der Waals surface area (Å²) in [6.45, 7) is 11.6. The van der Waals surface area contributed by atoms with Crippen LogP contribution in [0.15, 0.2) is 29.4 Å². The van der Waals surface area contributed by atoms with E-state index in [-0.39, 0.29) is 16.5 Å². The van der Waals surface area contributed by atoms with E-state index in [1.165, 1.54) is 6.20 Å². The quantitative estimate of drug-likeness (QED) is 0.821. The van der Waals surface area contributed by atoms with Crippen molar-refractivity contribution in [1.29, 1.82) is 0 Å². The first kappa shape index (κ1) is 20.8. The Morgan fingerprint density at radius 3 is 2.36 bits per heavy atom. The molecule has 1 saturated heterocycles. The zero-order valence-electron chi connectivity index (χ0n) is 17.4. The third-order valence-corrected chi connectivity index (χ3v) is 7.03. The highest BCUT2D eigenvalue weighted by Crippen LogP contribution is 2.25. The van der Waals surface area contributed by atoms with Gasteiger partial charge in [-0.3, -0.25) is 4.68 Å². The maximum Gasteiger partial charge on any atom is 0.244 e. The van der Waals surface area contributed by atoms with E-state index in [0.717, 1.165) is 30.5 Å². The molecule has 1 aliphatic rings. The summed E-state index contributed by atoms with van der Waals surface area (Å²) in [5.41, 5.74) is 1.99. The Labute approximate surface area is 168 Å². The Hall–Kier alpha value is -1.93. The molecular formula is C20H31N5O2S. The Morgan fingerprint density at radius 2 is 1.82 bits per heavy atom. The topological polar surface area (TPSA) is 80.1 Å². The van der Waals surface area contributed by atoms with E-state index in [1.807, 2.05) is 11.6 Å². The normalized spacial score (nSPS) is 17.5. The van der Waals surface area contributed by atoms with Crippen LogP contribution in [0.2, 0.25) is 0 Å². The molecule has 0 aromatic carbocycles. The fourth-order valence-electron chi connectivity index (χ4n) is 3.41. The number of nitrogens with zero attached hydrogens (tertiary/aromatic N) is 4. The Bertz CT molecular complexity index is 907. The van der Waals surface area contributed by atoms with Gasteiger partial charge in [0, 0.05) is 31.0 Å². The van der Waals surface area contributed by atoms with Gasteiger partial charge < -0.3 is 5.32 Å². The van der Waals surface area contributed by atoms with Crippen molar-refractivity contribution >= 4 is 15.8 Å². The van der Waals surface area contributed by atoms with E-state index in [9.17, 15) is 8.42 Å². The van der Waals surface area contributed by atoms with Crippen LogP contribution in [0.1, 0.15) is 64.3 Å². The van der Waals surface area contributed by atoms with Gasteiger partial charge in [-0.25, -0.2) is 13.4 Å². The highest BCUT2D eigenvalue weighted by Gasteiger charge is 2.26. The van der Waals surface area contributed by atoms with Gasteiger partial charge >= 0.3 is 0 Å². The summed E-state index contributed by atoms with van der Waals surface area (Å²) < 4.78 is 29.0. The molecule has 1 unspecified atom stereocenters. The smallest absolute Gasteiger partial charge is 0.244 e. The van der Waals surface area contributed by atoms with Gasteiger partial charge in [-0.05, 0) is 59.6 Å². The van der Waals surface area contributed by atoms with Crippen molar-refractivity contribution in [3.63, 3.8) is 0 Å². The molecule has 1 fully saturated rings. The zero-order chi connectivity index (χ0) is 20.5. The van der Waals surface area contributed by atoms with Crippen molar-refractivity contribution in [3.8, 4) is 0 Å². The first-order chi connectivity index (χ1) is 13.1. The molecular weight excluding hydrogens is 374 g/mol. The molecule has 0 spiro atoms. The van der Waals surface area contributed by atoms with E-state index < -0.39 is 10.0 Å². The minimum Gasteiger partial charge on any atom is -0.363 e. The van der Waals surface area contributed by atoms with Crippen molar-refractivity contribution in [1.82, 2.24) is 19.1 Å². The lowest BCUT2D eigenvalue weighted by atomic mass is 10.1. The van der Waals surface area contributed by atoms with Crippen LogP contribution >= 0.6 is 0 Å². The summed E-state index contributed by atoms with van der Waals surface area (Å²) in [5.74, 6) is 0.646. The van der Waals surface area contributed by atoms with Crippen LogP contribution in [-0.2, 0) is 15.6 Å². The molecule has 2 aromatic heterocycles. The van der Waals surface area contributed by atoms with Crippen LogP contribution in [0, 0.1) is 6.92 Å². The molecule has 0 radical (unpaired) electrons. The summed E-state index contributed by atoms with van der Waals surface area (Å²) in [4.78, 5) is 4.60. The second-order valence-corrected chi connectivity index (χ2v) is 10.4. The monoisotopic (exact) mass is 405 g/mol. The molecule has 2 aromatic rings. The zero-order valence-corrected chi connectivity index (χ0v) is 18.3. The number of anilines is 1. The summed E-state index contributed by atoms with van der Waals surface area (Å²) in [6.07, 6.45) is 6.44. The lowest BCUT2D eigenvalue weighted by Gasteiger charge is -2.25. The van der Waals surface area contributed by atoms with Crippen LogP contribution in [0.3, 0.4) is 0 Å². The number of pyridine rings is 1. The molecule has 28 heavy (non-hydrogen) atoms. The number of aryl methyl sites for hydroxylation is 1. The third kappa shape index (κ3) is 4.38. The molecule has 7 nitrogen and oxygen atoms in total. The van der Waals surface area contributed by atoms with Gasteiger partial charge in [0.15, 0.2) is 0 Å². The van der Waals surface area contributed by atoms with Gasteiger partial charge in [-0.1, -0.05) is 6.42 Å². The number of hydrogen-bond acceptors (Lipinski definition) is 5. The van der Waals surface area contributed by atoms with Gasteiger partial charge in [0.1, 0.15) is 10.7 Å². The van der Waals surface area contributed by atoms with Crippen molar-refractivity contribution in [3.05, 3.63) is 35.8 Å². The second-order valence-electron chi connectivity index (χ2n) is 8.50. The minimum atomic E-state index is -3.45. The van der Waals surface area contributed by atoms with Crippen molar-refractivity contribution in [2.75, 3.05) is 18.4 Å². The SMILES string of the molecule is Cc1nn(C(C)(C)C)cc1C(C)Nc1ccc(S(=O)(=O)N2CCCCC2)cn1. The molecule has 0 bridgehead atoms. The molecule has 3 rings (SSSR count). The predicted molar refractivity (Wildman–Crippen MR) is 111 cm³/mol. The number of sulfonamides is 1. The molecule has 0 amide bonds. The lowest BCUT2D eigenvalue weighted by molar-refractivity contribution is 0.346. The molecule has 0 aliphatic carbocycles. The van der Waals surface area contributed by atoms with E-state index in [2.05, 4.69) is 49.3 Å². The van der Waals surface area contributed by atoms with Crippen LogP contribution in [0.4, 0.5) is 5.82 Å². The number of aromatic nitrogens is 3. The number of hydrogen-bond donors (Lipinski definition) is 1. The summed E-state index contributed by atoms with van der Waals surface area (Å²) >= 11 is 0. The van der Waals surface area contributed by atoms with Crippen LogP contribution in [-0.4, -0.2) is 40.6 Å². The third-order valence-electron chi connectivity index (χ3n) is 5.14. The maximum absolute atomic E-state index is 12.7. The van der Waals surface area contributed by atoms with Gasteiger partial charge in [-0.15, -0.1) is 0 Å². The van der Waals surface area contributed by atoms with E-state index in [1.54, 1.807) is 16.4 Å². The van der Waals surface area contributed by atoms with Crippen molar-refractivity contribution in [2.24, 2.45) is 0 Å². The number of nitrogens with one attached hydrogen (secondary N) is 1. The Balaban J connectivity index is 1.73.